The summed E-state index contributed by atoms with van der Waals surface area (Å²) in [4.78, 5) is 9.42. The Morgan fingerprint density at radius 3 is 2.57 bits per heavy atom. The fraction of sp³-hybridized carbons (Fsp3) is 0.312. The van der Waals surface area contributed by atoms with E-state index in [-0.39, 0.29) is 6.04 Å². The topological polar surface area (TPSA) is 43.6 Å². The molecule has 0 N–H and O–H groups in total. The van der Waals surface area contributed by atoms with Crippen molar-refractivity contribution in [3.05, 3.63) is 47.9 Å². The maximum absolute atomic E-state index is 4.74. The second kappa shape index (κ2) is 5.85. The van der Waals surface area contributed by atoms with Gasteiger partial charge in [0, 0.05) is 12.5 Å². The summed E-state index contributed by atoms with van der Waals surface area (Å²) in [5, 5.41) is 6.49. The Balaban J connectivity index is 2.09. The zero-order chi connectivity index (χ0) is 14.8. The summed E-state index contributed by atoms with van der Waals surface area (Å²) in [6, 6.07) is 10.6. The predicted octanol–water partition coefficient (Wildman–Crippen LogP) is 3.72. The number of fused-ring (bicyclic) bond motifs is 1. The first-order chi connectivity index (χ1) is 10.2. The van der Waals surface area contributed by atoms with E-state index < -0.39 is 0 Å². The molecular formula is C16H18N4S. The Bertz CT molecular complexity index is 750. The minimum absolute atomic E-state index is 0.289. The van der Waals surface area contributed by atoms with Crippen molar-refractivity contribution in [1.82, 2.24) is 19.7 Å². The van der Waals surface area contributed by atoms with Gasteiger partial charge in [0.15, 0.2) is 5.65 Å². The van der Waals surface area contributed by atoms with Crippen molar-refractivity contribution in [2.24, 2.45) is 0 Å². The molecule has 4 nitrogen and oxygen atoms in total. The molecule has 0 amide bonds. The van der Waals surface area contributed by atoms with Crippen LogP contribution in [0.2, 0.25) is 0 Å². The van der Waals surface area contributed by atoms with Gasteiger partial charge in [-0.1, -0.05) is 30.3 Å². The number of benzene rings is 1. The zero-order valence-corrected chi connectivity index (χ0v) is 13.3. The molecule has 0 unspecified atom stereocenters. The van der Waals surface area contributed by atoms with Gasteiger partial charge in [-0.05, 0) is 25.7 Å². The van der Waals surface area contributed by atoms with Gasteiger partial charge in [0.2, 0.25) is 0 Å². The third kappa shape index (κ3) is 2.78. The largest absolute Gasteiger partial charge is 0.245 e. The predicted molar refractivity (Wildman–Crippen MR) is 86.7 cm³/mol. The Morgan fingerprint density at radius 1 is 1.14 bits per heavy atom. The van der Waals surface area contributed by atoms with Crippen LogP contribution in [0.5, 0.6) is 0 Å². The van der Waals surface area contributed by atoms with Crippen LogP contribution in [0.15, 0.2) is 41.6 Å². The second-order valence-electron chi connectivity index (χ2n) is 5.23. The highest BCUT2D eigenvalue weighted by Crippen LogP contribution is 2.25. The number of aromatic nitrogens is 4. The van der Waals surface area contributed by atoms with Crippen molar-refractivity contribution in [2.75, 3.05) is 6.26 Å². The quantitative estimate of drug-likeness (QED) is 0.544. The molecule has 1 aromatic carbocycles. The lowest BCUT2D eigenvalue weighted by molar-refractivity contribution is 0.545. The van der Waals surface area contributed by atoms with Gasteiger partial charge in [0.1, 0.15) is 10.9 Å². The first-order valence-electron chi connectivity index (χ1n) is 7.01. The molecule has 3 rings (SSSR count). The van der Waals surface area contributed by atoms with E-state index >= 15 is 0 Å². The summed E-state index contributed by atoms with van der Waals surface area (Å²) in [6.07, 6.45) is 4.65. The van der Waals surface area contributed by atoms with Gasteiger partial charge in [0.25, 0.3) is 0 Å². The normalized spacial score (nSPS) is 11.4. The summed E-state index contributed by atoms with van der Waals surface area (Å²) in [5.74, 6) is 0.848. The monoisotopic (exact) mass is 298 g/mol. The van der Waals surface area contributed by atoms with Crippen molar-refractivity contribution in [2.45, 2.75) is 31.3 Å². The van der Waals surface area contributed by atoms with Gasteiger partial charge < -0.3 is 0 Å². The molecule has 0 fully saturated rings. The number of hydrogen-bond donors (Lipinski definition) is 0. The Morgan fingerprint density at radius 2 is 1.90 bits per heavy atom. The van der Waals surface area contributed by atoms with E-state index in [0.717, 1.165) is 28.3 Å². The molecule has 2 aromatic heterocycles. The standard InChI is InChI=1S/C16H18N4S/c1-11(2)20-15-13(10-17-20)16(21-3)19-14(18-15)9-12-7-5-4-6-8-12/h4-8,10-11H,9H2,1-3H3. The molecule has 0 saturated carbocycles. The summed E-state index contributed by atoms with van der Waals surface area (Å²) < 4.78 is 1.96. The molecule has 2 heterocycles. The number of rotatable bonds is 4. The summed E-state index contributed by atoms with van der Waals surface area (Å²) in [6.45, 7) is 4.23. The van der Waals surface area contributed by atoms with Crippen molar-refractivity contribution in [3.8, 4) is 0 Å². The third-order valence-corrected chi connectivity index (χ3v) is 4.05. The highest BCUT2D eigenvalue weighted by atomic mass is 32.2. The molecule has 21 heavy (non-hydrogen) atoms. The lowest BCUT2D eigenvalue weighted by Crippen LogP contribution is -2.06. The lowest BCUT2D eigenvalue weighted by atomic mass is 10.1. The van der Waals surface area contributed by atoms with Crippen LogP contribution >= 0.6 is 11.8 Å². The highest BCUT2D eigenvalue weighted by Gasteiger charge is 2.14. The summed E-state index contributed by atoms with van der Waals surface area (Å²) in [5.41, 5.74) is 2.15. The maximum atomic E-state index is 4.74. The molecule has 0 spiro atoms. The molecule has 0 aliphatic rings. The molecule has 0 radical (unpaired) electrons. The lowest BCUT2D eigenvalue weighted by Gasteiger charge is -2.09. The zero-order valence-electron chi connectivity index (χ0n) is 12.4. The molecular weight excluding hydrogens is 280 g/mol. The van der Waals surface area contributed by atoms with E-state index in [9.17, 15) is 0 Å². The maximum Gasteiger partial charge on any atom is 0.162 e. The Hall–Kier alpha value is -1.88. The Kier molecular flexibility index (Phi) is 3.92. The average Bonchev–Trinajstić information content (AvgIpc) is 2.91. The van der Waals surface area contributed by atoms with Crippen LogP contribution in [0.1, 0.15) is 31.3 Å². The van der Waals surface area contributed by atoms with Crippen LogP contribution in [0.3, 0.4) is 0 Å². The molecule has 0 saturated heterocycles. The van der Waals surface area contributed by atoms with Crippen molar-refractivity contribution < 1.29 is 0 Å². The van der Waals surface area contributed by atoms with E-state index in [1.807, 2.05) is 35.3 Å². The van der Waals surface area contributed by atoms with Crippen molar-refractivity contribution >= 4 is 22.8 Å². The molecule has 0 aliphatic carbocycles. The van der Waals surface area contributed by atoms with E-state index in [1.165, 1.54) is 5.56 Å². The number of thioether (sulfide) groups is 1. The SMILES string of the molecule is CSc1nc(Cc2ccccc2)nc2c1cnn2C(C)C. The van der Waals surface area contributed by atoms with Crippen LogP contribution in [-0.2, 0) is 6.42 Å². The first-order valence-corrected chi connectivity index (χ1v) is 8.23. The molecule has 108 valence electrons. The molecule has 3 aromatic rings. The van der Waals surface area contributed by atoms with Crippen molar-refractivity contribution in [3.63, 3.8) is 0 Å². The fourth-order valence-corrected chi connectivity index (χ4v) is 2.89. The first kappa shape index (κ1) is 14.1. The van der Waals surface area contributed by atoms with Crippen LogP contribution in [0.25, 0.3) is 11.0 Å². The molecule has 0 atom stereocenters. The van der Waals surface area contributed by atoms with E-state index in [4.69, 9.17) is 4.98 Å². The van der Waals surface area contributed by atoms with Crippen LogP contribution in [-0.4, -0.2) is 26.0 Å². The smallest absolute Gasteiger partial charge is 0.162 e. The van der Waals surface area contributed by atoms with Gasteiger partial charge in [0.05, 0.1) is 11.6 Å². The Labute approximate surface area is 128 Å². The third-order valence-electron chi connectivity index (χ3n) is 3.35. The fourth-order valence-electron chi connectivity index (χ4n) is 2.33. The van der Waals surface area contributed by atoms with Crippen LogP contribution < -0.4 is 0 Å². The van der Waals surface area contributed by atoms with E-state index in [2.05, 4.69) is 36.1 Å². The number of hydrogen-bond acceptors (Lipinski definition) is 4. The molecule has 0 aliphatic heterocycles. The van der Waals surface area contributed by atoms with Gasteiger partial charge in [-0.2, -0.15) is 5.10 Å². The van der Waals surface area contributed by atoms with Gasteiger partial charge in [-0.3, -0.25) is 0 Å². The summed E-state index contributed by atoms with van der Waals surface area (Å²) in [7, 11) is 0. The number of nitrogens with zero attached hydrogens (tertiary/aromatic N) is 4. The van der Waals surface area contributed by atoms with Crippen LogP contribution in [0, 0.1) is 0 Å². The van der Waals surface area contributed by atoms with Gasteiger partial charge in [-0.25, -0.2) is 14.6 Å². The van der Waals surface area contributed by atoms with E-state index in [0.29, 0.717) is 0 Å². The summed E-state index contributed by atoms with van der Waals surface area (Å²) >= 11 is 1.64. The van der Waals surface area contributed by atoms with Gasteiger partial charge in [-0.15, -0.1) is 11.8 Å². The second-order valence-corrected chi connectivity index (χ2v) is 6.03. The minimum Gasteiger partial charge on any atom is -0.245 e. The molecule has 5 heteroatoms. The highest BCUT2D eigenvalue weighted by molar-refractivity contribution is 7.98. The van der Waals surface area contributed by atoms with Crippen molar-refractivity contribution in [1.29, 1.82) is 0 Å². The minimum atomic E-state index is 0.289. The van der Waals surface area contributed by atoms with E-state index in [1.54, 1.807) is 11.8 Å². The molecule has 0 bridgehead atoms. The average molecular weight is 298 g/mol. The van der Waals surface area contributed by atoms with Gasteiger partial charge >= 0.3 is 0 Å². The van der Waals surface area contributed by atoms with Crippen LogP contribution in [0.4, 0.5) is 0 Å².